The van der Waals surface area contributed by atoms with Gasteiger partial charge in [-0.3, -0.25) is 9.69 Å². The molecule has 0 atom stereocenters. The van der Waals surface area contributed by atoms with Gasteiger partial charge in [-0.15, -0.1) is 0 Å². The maximum atomic E-state index is 10.9. The minimum atomic E-state index is -0.750. The van der Waals surface area contributed by atoms with E-state index in [9.17, 15) is 4.79 Å². The van der Waals surface area contributed by atoms with Crippen LogP contribution in [0.3, 0.4) is 0 Å². The molecule has 6 nitrogen and oxygen atoms in total. The highest BCUT2D eigenvalue weighted by molar-refractivity contribution is 5.69. The largest absolute Gasteiger partial charge is 0.480 e. The Bertz CT molecular complexity index is 665. The molecular weight excluding hydrogens is 304 g/mol. The van der Waals surface area contributed by atoms with Crippen LogP contribution in [0.15, 0.2) is 42.6 Å². The summed E-state index contributed by atoms with van der Waals surface area (Å²) in [5, 5.41) is 17.0. The van der Waals surface area contributed by atoms with E-state index in [1.807, 2.05) is 59.1 Å². The number of hydrogen-bond acceptors (Lipinski definition) is 4. The summed E-state index contributed by atoms with van der Waals surface area (Å²) in [6, 6.07) is 12.9. The van der Waals surface area contributed by atoms with E-state index in [0.717, 1.165) is 37.3 Å². The van der Waals surface area contributed by atoms with E-state index in [-0.39, 0.29) is 6.54 Å². The summed E-state index contributed by atoms with van der Waals surface area (Å²) in [6.07, 6.45) is 3.97. The summed E-state index contributed by atoms with van der Waals surface area (Å²) in [4.78, 5) is 12.9. The van der Waals surface area contributed by atoms with Crippen molar-refractivity contribution < 1.29 is 9.90 Å². The fourth-order valence-electron chi connectivity index (χ4n) is 3.15. The normalized spacial score (nSPS) is 20.1. The number of para-hydroxylation sites is 1. The van der Waals surface area contributed by atoms with Crippen LogP contribution in [0.5, 0.6) is 0 Å². The van der Waals surface area contributed by atoms with E-state index in [2.05, 4.69) is 10.4 Å². The van der Waals surface area contributed by atoms with Crippen molar-refractivity contribution >= 4 is 5.97 Å². The second-order valence-electron chi connectivity index (χ2n) is 6.25. The summed E-state index contributed by atoms with van der Waals surface area (Å²) in [7, 11) is 0. The van der Waals surface area contributed by atoms with E-state index in [1.54, 1.807) is 0 Å². The van der Waals surface area contributed by atoms with Gasteiger partial charge in [0.2, 0.25) is 0 Å². The van der Waals surface area contributed by atoms with Crippen molar-refractivity contribution in [3.05, 3.63) is 48.3 Å². The zero-order valence-corrected chi connectivity index (χ0v) is 13.9. The van der Waals surface area contributed by atoms with Gasteiger partial charge in [-0.2, -0.15) is 5.10 Å². The van der Waals surface area contributed by atoms with Crippen molar-refractivity contribution in [2.45, 2.75) is 38.4 Å². The van der Waals surface area contributed by atoms with Gasteiger partial charge in [0.25, 0.3) is 0 Å². The van der Waals surface area contributed by atoms with Gasteiger partial charge in [-0.25, -0.2) is 4.68 Å². The van der Waals surface area contributed by atoms with Gasteiger partial charge >= 0.3 is 5.97 Å². The molecule has 0 bridgehead atoms. The molecule has 0 saturated heterocycles. The zero-order valence-electron chi connectivity index (χ0n) is 13.9. The Hall–Kier alpha value is -2.18. The molecule has 1 aliphatic carbocycles. The lowest BCUT2D eigenvalue weighted by atomic mass is 9.85. The van der Waals surface area contributed by atoms with E-state index >= 15 is 0 Å². The van der Waals surface area contributed by atoms with Crippen molar-refractivity contribution in [1.29, 1.82) is 0 Å². The lowest BCUT2D eigenvalue weighted by molar-refractivity contribution is -0.139. The van der Waals surface area contributed by atoms with Crippen LogP contribution >= 0.6 is 0 Å². The Morgan fingerprint density at radius 2 is 2.08 bits per heavy atom. The first kappa shape index (κ1) is 16.7. The van der Waals surface area contributed by atoms with Gasteiger partial charge in [0.15, 0.2) is 0 Å². The maximum Gasteiger partial charge on any atom is 0.317 e. The molecule has 2 aromatic rings. The second-order valence-corrected chi connectivity index (χ2v) is 6.25. The van der Waals surface area contributed by atoms with Crippen LogP contribution in [-0.2, 0) is 11.3 Å². The van der Waals surface area contributed by atoms with Crippen LogP contribution < -0.4 is 5.32 Å². The Balaban J connectivity index is 1.45. The van der Waals surface area contributed by atoms with Gasteiger partial charge in [0.05, 0.1) is 17.9 Å². The molecule has 1 aliphatic rings. The highest BCUT2D eigenvalue weighted by atomic mass is 16.4. The molecule has 0 radical (unpaired) electrons. The Morgan fingerprint density at radius 1 is 1.33 bits per heavy atom. The van der Waals surface area contributed by atoms with E-state index in [4.69, 9.17) is 5.11 Å². The molecule has 1 saturated carbocycles. The van der Waals surface area contributed by atoms with E-state index in [1.165, 1.54) is 0 Å². The maximum absolute atomic E-state index is 10.9. The molecule has 1 aromatic carbocycles. The van der Waals surface area contributed by atoms with Gasteiger partial charge < -0.3 is 10.4 Å². The molecule has 0 unspecified atom stereocenters. The van der Waals surface area contributed by atoms with Crippen molar-refractivity contribution in [3.8, 4) is 5.69 Å². The van der Waals surface area contributed by atoms with Crippen LogP contribution in [-0.4, -0.2) is 50.9 Å². The molecule has 1 heterocycles. The predicted octanol–water partition coefficient (Wildman–Crippen LogP) is 1.90. The molecule has 1 fully saturated rings. The molecule has 0 amide bonds. The smallest absolute Gasteiger partial charge is 0.317 e. The van der Waals surface area contributed by atoms with Crippen LogP contribution in [0.1, 0.15) is 25.5 Å². The number of carbonyl (C=O) groups is 1. The third kappa shape index (κ3) is 4.01. The number of likely N-dealkylation sites (N-methyl/N-ethyl adjacent to an activating group) is 1. The topological polar surface area (TPSA) is 70.4 Å². The van der Waals surface area contributed by atoms with Gasteiger partial charge in [0, 0.05) is 24.8 Å². The van der Waals surface area contributed by atoms with Gasteiger partial charge in [-0.1, -0.05) is 25.1 Å². The number of aliphatic carboxylic acids is 1. The van der Waals surface area contributed by atoms with Crippen LogP contribution in [0.25, 0.3) is 5.69 Å². The molecule has 6 heteroatoms. The Kier molecular flexibility index (Phi) is 5.27. The average molecular weight is 328 g/mol. The molecule has 24 heavy (non-hydrogen) atoms. The van der Waals surface area contributed by atoms with Crippen molar-refractivity contribution in [2.24, 2.45) is 0 Å². The fraction of sp³-hybridized carbons (Fsp3) is 0.444. The first-order valence-corrected chi connectivity index (χ1v) is 8.45. The molecule has 0 spiro atoms. The Morgan fingerprint density at radius 3 is 2.75 bits per heavy atom. The molecular formula is C18H24N4O2. The lowest BCUT2D eigenvalue weighted by Crippen LogP contribution is -2.53. The third-order valence-electron chi connectivity index (χ3n) is 4.61. The first-order valence-electron chi connectivity index (χ1n) is 8.45. The molecule has 0 aliphatic heterocycles. The molecule has 1 aromatic heterocycles. The fourth-order valence-corrected chi connectivity index (χ4v) is 3.15. The minimum absolute atomic E-state index is 0.134. The molecule has 128 valence electrons. The second kappa shape index (κ2) is 7.59. The number of hydrogen-bond donors (Lipinski definition) is 2. The zero-order chi connectivity index (χ0) is 16.9. The summed E-state index contributed by atoms with van der Waals surface area (Å²) in [6.45, 7) is 3.67. The number of nitrogens with one attached hydrogen (secondary N) is 1. The van der Waals surface area contributed by atoms with Crippen molar-refractivity contribution in [2.75, 3.05) is 13.1 Å². The van der Waals surface area contributed by atoms with Crippen molar-refractivity contribution in [3.63, 3.8) is 0 Å². The Labute approximate surface area is 142 Å². The van der Waals surface area contributed by atoms with E-state index in [0.29, 0.717) is 12.1 Å². The third-order valence-corrected chi connectivity index (χ3v) is 4.61. The first-order chi connectivity index (χ1) is 11.7. The molecule has 3 rings (SSSR count). The van der Waals surface area contributed by atoms with Gasteiger partial charge in [-0.05, 0) is 37.6 Å². The standard InChI is InChI=1S/C18H24N4O2/c1-2-21(13-18(23)24)17-10-15(11-17)19-12-14-8-9-22(20-14)16-6-4-3-5-7-16/h3-9,15,17,19H,2,10-13H2,1H3,(H,23,24). The average Bonchev–Trinajstić information content (AvgIpc) is 3.01. The van der Waals surface area contributed by atoms with Crippen LogP contribution in [0.2, 0.25) is 0 Å². The lowest BCUT2D eigenvalue weighted by Gasteiger charge is -2.42. The predicted molar refractivity (Wildman–Crippen MR) is 92.1 cm³/mol. The summed E-state index contributed by atoms with van der Waals surface area (Å²) in [5.41, 5.74) is 2.07. The monoisotopic (exact) mass is 328 g/mol. The summed E-state index contributed by atoms with van der Waals surface area (Å²) >= 11 is 0. The van der Waals surface area contributed by atoms with Crippen LogP contribution in [0.4, 0.5) is 0 Å². The summed E-state index contributed by atoms with van der Waals surface area (Å²) in [5.74, 6) is -0.750. The molecule has 2 N–H and O–H groups in total. The van der Waals surface area contributed by atoms with E-state index < -0.39 is 5.97 Å². The highest BCUT2D eigenvalue weighted by Gasteiger charge is 2.33. The van der Waals surface area contributed by atoms with Crippen molar-refractivity contribution in [1.82, 2.24) is 20.0 Å². The number of benzene rings is 1. The highest BCUT2D eigenvalue weighted by Crippen LogP contribution is 2.25. The number of carboxylic acids is 1. The quantitative estimate of drug-likeness (QED) is 0.774. The SMILES string of the molecule is CCN(CC(=O)O)C1CC(NCc2ccn(-c3ccccc3)n2)C1. The van der Waals surface area contributed by atoms with Crippen LogP contribution in [0, 0.1) is 0 Å². The number of rotatable bonds is 8. The minimum Gasteiger partial charge on any atom is -0.480 e. The summed E-state index contributed by atoms with van der Waals surface area (Å²) < 4.78 is 1.88. The number of carboxylic acid groups (broad SMARTS) is 1. The number of nitrogens with zero attached hydrogens (tertiary/aromatic N) is 3. The number of aromatic nitrogens is 2. The van der Waals surface area contributed by atoms with Gasteiger partial charge in [0.1, 0.15) is 0 Å².